The van der Waals surface area contributed by atoms with Gasteiger partial charge in [-0.15, -0.1) is 0 Å². The lowest BCUT2D eigenvalue weighted by Crippen LogP contribution is -2.47. The average molecular weight is 411 g/mol. The number of aryl methyl sites for hydroxylation is 1. The number of benzene rings is 3. The highest BCUT2D eigenvalue weighted by molar-refractivity contribution is 5.79. The van der Waals surface area contributed by atoms with Crippen molar-refractivity contribution in [1.82, 2.24) is 5.06 Å². The third-order valence-corrected chi connectivity index (χ3v) is 7.33. The van der Waals surface area contributed by atoms with Gasteiger partial charge < -0.3 is 11.5 Å². The maximum absolute atomic E-state index is 6.55. The number of guanidine groups is 1. The molecule has 156 valence electrons. The molecule has 0 fully saturated rings. The highest BCUT2D eigenvalue weighted by Gasteiger charge is 2.63. The molecule has 5 nitrogen and oxygen atoms in total. The Morgan fingerprint density at radius 2 is 1.65 bits per heavy atom. The fraction of sp³-hybridized carbons (Fsp3) is 0.269. The van der Waals surface area contributed by atoms with Gasteiger partial charge in [0.2, 0.25) is 11.7 Å². The van der Waals surface area contributed by atoms with Crippen LogP contribution in [0.4, 0.5) is 5.69 Å². The number of rotatable bonds is 1. The van der Waals surface area contributed by atoms with Crippen LogP contribution < -0.4 is 11.5 Å². The molecule has 1 aliphatic heterocycles. The number of hydrogen-bond acceptors (Lipinski definition) is 5. The molecule has 0 bridgehead atoms. The van der Waals surface area contributed by atoms with Gasteiger partial charge in [0.05, 0.1) is 0 Å². The molecule has 3 aromatic carbocycles. The topological polar surface area (TPSA) is 76.9 Å². The van der Waals surface area contributed by atoms with Gasteiger partial charge in [-0.2, -0.15) is 0 Å². The highest BCUT2D eigenvalue weighted by atomic mass is 16.7. The summed E-state index contributed by atoms with van der Waals surface area (Å²) in [6.45, 7) is 0. The van der Waals surface area contributed by atoms with Crippen LogP contribution in [0.1, 0.15) is 28.7 Å². The molecule has 2 atom stereocenters. The standard InChI is InChI=1S/C26H26N4O/c1-30-24(28)29-26(31-30)23-14-19(18-7-4-8-22(27)13-18)9-10-21(23)16-25(26)12-11-17-5-2-3-6-20(17)15-25/h2-10,13-14H,11-12,15-16,27H2,1H3,(H2,28,29). The van der Waals surface area contributed by atoms with Gasteiger partial charge in [0.25, 0.3) is 0 Å². The molecular weight excluding hydrogens is 384 g/mol. The van der Waals surface area contributed by atoms with Gasteiger partial charge >= 0.3 is 0 Å². The zero-order valence-electron chi connectivity index (χ0n) is 17.6. The lowest BCUT2D eigenvalue weighted by atomic mass is 9.65. The van der Waals surface area contributed by atoms with Crippen LogP contribution in [0.25, 0.3) is 11.1 Å². The van der Waals surface area contributed by atoms with Gasteiger partial charge in [-0.25, -0.2) is 14.9 Å². The molecule has 5 heteroatoms. The van der Waals surface area contributed by atoms with Crippen molar-refractivity contribution < 1.29 is 4.84 Å². The van der Waals surface area contributed by atoms with Gasteiger partial charge in [0.15, 0.2) is 0 Å². The normalized spacial score (nSPS) is 26.2. The second kappa shape index (κ2) is 6.34. The molecule has 2 spiro atoms. The summed E-state index contributed by atoms with van der Waals surface area (Å²) in [6, 6.07) is 23.4. The van der Waals surface area contributed by atoms with E-state index < -0.39 is 5.72 Å². The van der Waals surface area contributed by atoms with E-state index in [2.05, 4.69) is 48.5 Å². The Bertz CT molecular complexity index is 1240. The quantitative estimate of drug-likeness (QED) is 0.594. The van der Waals surface area contributed by atoms with Crippen LogP contribution in [0.5, 0.6) is 0 Å². The van der Waals surface area contributed by atoms with Crippen molar-refractivity contribution in [3.8, 4) is 11.1 Å². The lowest BCUT2D eigenvalue weighted by molar-refractivity contribution is -0.224. The third-order valence-electron chi connectivity index (χ3n) is 7.33. The Hall–Kier alpha value is -3.31. The molecule has 2 aliphatic carbocycles. The van der Waals surface area contributed by atoms with Crippen LogP contribution in [0.2, 0.25) is 0 Å². The van der Waals surface area contributed by atoms with Crippen LogP contribution in [0.15, 0.2) is 71.7 Å². The summed E-state index contributed by atoms with van der Waals surface area (Å²) in [4.78, 5) is 11.6. The minimum absolute atomic E-state index is 0.159. The smallest absolute Gasteiger partial charge is 0.221 e. The Morgan fingerprint density at radius 1 is 0.871 bits per heavy atom. The predicted octanol–water partition coefficient (Wildman–Crippen LogP) is 4.01. The average Bonchev–Trinajstić information content (AvgIpc) is 3.21. The number of fused-ring (bicyclic) bond motifs is 4. The number of nitrogens with two attached hydrogens (primary N) is 2. The molecular formula is C26H26N4O. The van der Waals surface area contributed by atoms with Crippen LogP contribution in [0.3, 0.4) is 0 Å². The number of nitrogens with zero attached hydrogens (tertiary/aromatic N) is 2. The van der Waals surface area contributed by atoms with Gasteiger partial charge in [0, 0.05) is 23.7 Å². The number of hydroxylamine groups is 2. The van der Waals surface area contributed by atoms with E-state index >= 15 is 0 Å². The first-order chi connectivity index (χ1) is 15.0. The van der Waals surface area contributed by atoms with Crippen LogP contribution in [-0.2, 0) is 29.8 Å². The van der Waals surface area contributed by atoms with Gasteiger partial charge in [0.1, 0.15) is 0 Å². The largest absolute Gasteiger partial charge is 0.399 e. The molecule has 6 rings (SSSR count). The van der Waals surface area contributed by atoms with E-state index in [9.17, 15) is 0 Å². The minimum atomic E-state index is -0.801. The van der Waals surface area contributed by atoms with E-state index in [4.69, 9.17) is 21.3 Å². The molecule has 2 unspecified atom stereocenters. The summed E-state index contributed by atoms with van der Waals surface area (Å²) < 4.78 is 0. The molecule has 0 radical (unpaired) electrons. The highest BCUT2D eigenvalue weighted by Crippen LogP contribution is 2.61. The molecule has 0 aromatic heterocycles. The van der Waals surface area contributed by atoms with Gasteiger partial charge in [-0.3, -0.25) is 0 Å². The maximum Gasteiger partial charge on any atom is 0.221 e. The zero-order valence-corrected chi connectivity index (χ0v) is 17.6. The van der Waals surface area contributed by atoms with E-state index in [0.717, 1.165) is 48.1 Å². The monoisotopic (exact) mass is 410 g/mol. The minimum Gasteiger partial charge on any atom is -0.399 e. The number of aliphatic imine (C=N–C) groups is 1. The first kappa shape index (κ1) is 18.5. The summed E-state index contributed by atoms with van der Waals surface area (Å²) in [7, 11) is 1.85. The van der Waals surface area contributed by atoms with E-state index in [1.165, 1.54) is 16.7 Å². The van der Waals surface area contributed by atoms with Crippen molar-refractivity contribution in [2.24, 2.45) is 16.1 Å². The van der Waals surface area contributed by atoms with Crippen LogP contribution in [-0.4, -0.2) is 18.1 Å². The van der Waals surface area contributed by atoms with Crippen molar-refractivity contribution in [2.45, 2.75) is 31.4 Å². The first-order valence-corrected chi connectivity index (χ1v) is 10.8. The molecule has 0 saturated carbocycles. The Kier molecular flexibility index (Phi) is 3.78. The SMILES string of the molecule is CN1OC2(N=C1N)c1cc(-c3cccc(N)c3)ccc1CC21CCc2ccccc2C1. The number of hydrogen-bond donors (Lipinski definition) is 2. The molecule has 3 aromatic rings. The Balaban J connectivity index is 1.52. The van der Waals surface area contributed by atoms with Crippen molar-refractivity contribution in [3.63, 3.8) is 0 Å². The number of anilines is 1. The Labute approximate surface area is 182 Å². The predicted molar refractivity (Wildman–Crippen MR) is 123 cm³/mol. The van der Waals surface area contributed by atoms with Crippen LogP contribution >= 0.6 is 0 Å². The van der Waals surface area contributed by atoms with E-state index in [0.29, 0.717) is 5.96 Å². The Morgan fingerprint density at radius 3 is 2.42 bits per heavy atom. The second-order valence-electron chi connectivity index (χ2n) is 9.10. The van der Waals surface area contributed by atoms with Crippen molar-refractivity contribution in [3.05, 3.63) is 89.0 Å². The molecule has 0 amide bonds. The van der Waals surface area contributed by atoms with Crippen LogP contribution in [0, 0.1) is 5.41 Å². The summed E-state index contributed by atoms with van der Waals surface area (Å²) in [5, 5.41) is 1.63. The lowest BCUT2D eigenvalue weighted by Gasteiger charge is -2.44. The molecule has 1 heterocycles. The summed E-state index contributed by atoms with van der Waals surface area (Å²) >= 11 is 0. The van der Waals surface area contributed by atoms with Gasteiger partial charge in [-0.1, -0.05) is 48.5 Å². The van der Waals surface area contributed by atoms with E-state index in [1.807, 2.05) is 25.2 Å². The third kappa shape index (κ3) is 2.56. The van der Waals surface area contributed by atoms with E-state index in [-0.39, 0.29) is 5.41 Å². The van der Waals surface area contributed by atoms with E-state index in [1.54, 1.807) is 5.06 Å². The molecule has 4 N–H and O–H groups in total. The summed E-state index contributed by atoms with van der Waals surface area (Å²) in [5.41, 5.74) is 19.6. The zero-order chi connectivity index (χ0) is 21.2. The summed E-state index contributed by atoms with van der Waals surface area (Å²) in [5.74, 6) is 0.431. The van der Waals surface area contributed by atoms with Crippen molar-refractivity contribution in [1.29, 1.82) is 0 Å². The van der Waals surface area contributed by atoms with Gasteiger partial charge in [-0.05, 0) is 71.7 Å². The first-order valence-electron chi connectivity index (χ1n) is 10.8. The molecule has 31 heavy (non-hydrogen) atoms. The fourth-order valence-corrected chi connectivity index (χ4v) is 5.78. The maximum atomic E-state index is 6.55. The number of nitrogen functional groups attached to an aromatic ring is 1. The van der Waals surface area contributed by atoms with Crippen molar-refractivity contribution in [2.75, 3.05) is 12.8 Å². The molecule has 3 aliphatic rings. The second-order valence-corrected chi connectivity index (χ2v) is 9.10. The molecule has 0 saturated heterocycles. The fourth-order valence-electron chi connectivity index (χ4n) is 5.78. The summed E-state index contributed by atoms with van der Waals surface area (Å²) in [6.07, 6.45) is 3.89. The van der Waals surface area contributed by atoms with Crippen molar-refractivity contribution >= 4 is 11.6 Å².